The number of ether oxygens (including phenoxy) is 1. The zero-order chi connectivity index (χ0) is 7.40. The molecule has 0 unspecified atom stereocenters. The minimum atomic E-state index is 0.389. The van der Waals surface area contributed by atoms with Gasteiger partial charge in [0.15, 0.2) is 0 Å². The third-order valence-electron chi connectivity index (χ3n) is 1.83. The lowest BCUT2D eigenvalue weighted by Gasteiger charge is -2.11. The molecule has 2 heteroatoms. The van der Waals surface area contributed by atoms with E-state index >= 15 is 0 Å². The maximum absolute atomic E-state index is 5.49. The molecule has 0 bridgehead atoms. The van der Waals surface area contributed by atoms with Gasteiger partial charge in [-0.15, -0.1) is 0 Å². The maximum Gasteiger partial charge on any atom is 0.0519 e. The summed E-state index contributed by atoms with van der Waals surface area (Å²) in [6.07, 6.45) is 1.67. The van der Waals surface area contributed by atoms with Crippen molar-refractivity contribution in [3.63, 3.8) is 0 Å². The highest BCUT2D eigenvalue weighted by molar-refractivity contribution is 4.70. The van der Waals surface area contributed by atoms with E-state index in [1.165, 1.54) is 13.0 Å². The van der Waals surface area contributed by atoms with Crippen molar-refractivity contribution in [3.8, 4) is 0 Å². The molecule has 10 heavy (non-hydrogen) atoms. The van der Waals surface area contributed by atoms with E-state index in [4.69, 9.17) is 4.74 Å². The van der Waals surface area contributed by atoms with E-state index in [1.807, 2.05) is 0 Å². The fourth-order valence-corrected chi connectivity index (χ4v) is 1.19. The van der Waals surface area contributed by atoms with E-state index in [-0.39, 0.29) is 0 Å². The summed E-state index contributed by atoms with van der Waals surface area (Å²) in [6, 6.07) is 0. The van der Waals surface area contributed by atoms with Crippen LogP contribution in [0.2, 0.25) is 0 Å². The van der Waals surface area contributed by atoms with Crippen molar-refractivity contribution >= 4 is 0 Å². The van der Waals surface area contributed by atoms with Crippen LogP contribution in [-0.2, 0) is 4.74 Å². The number of hydrogen-bond acceptors (Lipinski definition) is 2. The van der Waals surface area contributed by atoms with Crippen molar-refractivity contribution in [1.82, 2.24) is 5.32 Å². The van der Waals surface area contributed by atoms with Gasteiger partial charge >= 0.3 is 0 Å². The summed E-state index contributed by atoms with van der Waals surface area (Å²) in [5.74, 6) is 0.766. The molecule has 1 atom stereocenters. The summed E-state index contributed by atoms with van der Waals surface area (Å²) in [5, 5.41) is 3.32. The lowest BCUT2D eigenvalue weighted by atomic mass is 10.1. The molecular weight excluding hydrogens is 126 g/mol. The molecule has 0 aromatic heterocycles. The monoisotopic (exact) mass is 143 g/mol. The van der Waals surface area contributed by atoms with Crippen LogP contribution in [0.1, 0.15) is 20.3 Å². The predicted octanol–water partition coefficient (Wildman–Crippen LogP) is 1.02. The van der Waals surface area contributed by atoms with Crippen molar-refractivity contribution in [2.75, 3.05) is 19.7 Å². The Morgan fingerprint density at radius 2 is 2.40 bits per heavy atom. The fourth-order valence-electron chi connectivity index (χ4n) is 1.19. The van der Waals surface area contributed by atoms with Gasteiger partial charge in [0.25, 0.3) is 0 Å². The molecule has 1 heterocycles. The Morgan fingerprint density at radius 3 is 2.90 bits per heavy atom. The van der Waals surface area contributed by atoms with E-state index < -0.39 is 0 Å². The molecule has 0 amide bonds. The lowest BCUT2D eigenvalue weighted by Crippen LogP contribution is -2.16. The average Bonchev–Trinajstić information content (AvgIpc) is 2.34. The molecule has 60 valence electrons. The van der Waals surface area contributed by atoms with Gasteiger partial charge in [-0.25, -0.2) is 0 Å². The van der Waals surface area contributed by atoms with Crippen LogP contribution in [0.3, 0.4) is 0 Å². The predicted molar refractivity (Wildman–Crippen MR) is 42.1 cm³/mol. The first kappa shape index (κ1) is 8.02. The van der Waals surface area contributed by atoms with E-state index in [0.29, 0.717) is 6.10 Å². The van der Waals surface area contributed by atoms with Crippen LogP contribution in [0.15, 0.2) is 0 Å². The molecule has 0 aliphatic carbocycles. The van der Waals surface area contributed by atoms with Gasteiger partial charge in [0, 0.05) is 6.54 Å². The number of hydrogen-bond donors (Lipinski definition) is 1. The standard InChI is InChI=1S/C8H17NO/c1-7(2)10-6-8-3-4-9-5-8/h7-9H,3-6H2,1-2H3/t8-/m0/s1. The summed E-state index contributed by atoms with van der Waals surface area (Å²) in [5.41, 5.74) is 0. The van der Waals surface area contributed by atoms with Crippen LogP contribution in [0.4, 0.5) is 0 Å². The normalized spacial score (nSPS) is 26.1. The maximum atomic E-state index is 5.49. The van der Waals surface area contributed by atoms with Gasteiger partial charge in [-0.1, -0.05) is 0 Å². The summed E-state index contributed by atoms with van der Waals surface area (Å²) >= 11 is 0. The van der Waals surface area contributed by atoms with E-state index in [1.54, 1.807) is 0 Å². The second-order valence-corrected chi connectivity index (χ2v) is 3.24. The van der Waals surface area contributed by atoms with Crippen LogP contribution in [0.5, 0.6) is 0 Å². The Morgan fingerprint density at radius 1 is 1.60 bits per heavy atom. The van der Waals surface area contributed by atoms with Gasteiger partial charge in [0.2, 0.25) is 0 Å². The first-order valence-electron chi connectivity index (χ1n) is 4.11. The Balaban J connectivity index is 2.01. The molecule has 1 saturated heterocycles. The van der Waals surface area contributed by atoms with Crippen molar-refractivity contribution in [1.29, 1.82) is 0 Å². The van der Waals surface area contributed by atoms with E-state index in [2.05, 4.69) is 19.2 Å². The Labute approximate surface area is 63.0 Å². The van der Waals surface area contributed by atoms with Crippen molar-refractivity contribution in [2.45, 2.75) is 26.4 Å². The highest BCUT2D eigenvalue weighted by atomic mass is 16.5. The van der Waals surface area contributed by atoms with Crippen LogP contribution < -0.4 is 5.32 Å². The molecule has 2 nitrogen and oxygen atoms in total. The van der Waals surface area contributed by atoms with Crippen LogP contribution in [0, 0.1) is 5.92 Å². The van der Waals surface area contributed by atoms with Crippen LogP contribution in [-0.4, -0.2) is 25.8 Å². The molecule has 1 rings (SSSR count). The SMILES string of the molecule is CC(C)OC[C@H]1CCNC1. The third kappa shape index (κ3) is 2.67. The Bertz CT molecular complexity index is 87.3. The molecule has 1 N–H and O–H groups in total. The topological polar surface area (TPSA) is 21.3 Å². The number of rotatable bonds is 3. The van der Waals surface area contributed by atoms with E-state index in [9.17, 15) is 0 Å². The largest absolute Gasteiger partial charge is 0.378 e. The fraction of sp³-hybridized carbons (Fsp3) is 1.00. The summed E-state index contributed by atoms with van der Waals surface area (Å²) in [7, 11) is 0. The summed E-state index contributed by atoms with van der Waals surface area (Å²) in [6.45, 7) is 7.42. The smallest absolute Gasteiger partial charge is 0.0519 e. The minimum absolute atomic E-state index is 0.389. The van der Waals surface area contributed by atoms with Gasteiger partial charge in [0.05, 0.1) is 12.7 Å². The number of nitrogens with one attached hydrogen (secondary N) is 1. The summed E-state index contributed by atoms with van der Waals surface area (Å²) < 4.78 is 5.49. The molecule has 0 spiro atoms. The highest BCUT2D eigenvalue weighted by Gasteiger charge is 2.14. The van der Waals surface area contributed by atoms with E-state index in [0.717, 1.165) is 19.1 Å². The average molecular weight is 143 g/mol. The second kappa shape index (κ2) is 3.94. The molecule has 0 radical (unpaired) electrons. The van der Waals surface area contributed by atoms with Crippen LogP contribution >= 0.6 is 0 Å². The Hall–Kier alpha value is -0.0800. The van der Waals surface area contributed by atoms with Gasteiger partial charge in [0.1, 0.15) is 0 Å². The zero-order valence-electron chi connectivity index (χ0n) is 6.89. The molecule has 1 fully saturated rings. The molecule has 0 aromatic carbocycles. The minimum Gasteiger partial charge on any atom is -0.378 e. The molecule has 1 aliphatic rings. The summed E-state index contributed by atoms with van der Waals surface area (Å²) in [4.78, 5) is 0. The molecular formula is C8H17NO. The molecule has 0 saturated carbocycles. The Kier molecular flexibility index (Phi) is 3.16. The highest BCUT2D eigenvalue weighted by Crippen LogP contribution is 2.08. The lowest BCUT2D eigenvalue weighted by molar-refractivity contribution is 0.0556. The van der Waals surface area contributed by atoms with Gasteiger partial charge in [-0.3, -0.25) is 0 Å². The van der Waals surface area contributed by atoms with Crippen molar-refractivity contribution in [3.05, 3.63) is 0 Å². The third-order valence-corrected chi connectivity index (χ3v) is 1.83. The van der Waals surface area contributed by atoms with Crippen molar-refractivity contribution in [2.24, 2.45) is 5.92 Å². The molecule has 1 aliphatic heterocycles. The quantitative estimate of drug-likeness (QED) is 0.637. The first-order chi connectivity index (χ1) is 4.79. The van der Waals surface area contributed by atoms with Gasteiger partial charge in [-0.05, 0) is 32.7 Å². The van der Waals surface area contributed by atoms with Gasteiger partial charge < -0.3 is 10.1 Å². The second-order valence-electron chi connectivity index (χ2n) is 3.24. The van der Waals surface area contributed by atoms with Crippen molar-refractivity contribution < 1.29 is 4.74 Å². The first-order valence-corrected chi connectivity index (χ1v) is 4.11. The van der Waals surface area contributed by atoms with Gasteiger partial charge in [-0.2, -0.15) is 0 Å². The molecule has 0 aromatic rings. The van der Waals surface area contributed by atoms with Crippen LogP contribution in [0.25, 0.3) is 0 Å². The zero-order valence-corrected chi connectivity index (χ0v) is 6.89.